The van der Waals surface area contributed by atoms with Crippen LogP contribution in [0.4, 0.5) is 11.4 Å². The highest BCUT2D eigenvalue weighted by atomic mass is 16.5. The van der Waals surface area contributed by atoms with Gasteiger partial charge in [0.15, 0.2) is 0 Å². The zero-order chi connectivity index (χ0) is 15.1. The molecule has 0 spiro atoms. The van der Waals surface area contributed by atoms with Gasteiger partial charge in [0.2, 0.25) is 0 Å². The normalized spacial score (nSPS) is 12.1. The summed E-state index contributed by atoms with van der Waals surface area (Å²) in [6, 6.07) is 5.05. The van der Waals surface area contributed by atoms with Gasteiger partial charge in [-0.25, -0.2) is 4.79 Å². The molecular formula is C15H24N2O3. The summed E-state index contributed by atoms with van der Waals surface area (Å²) in [4.78, 5) is 11.8. The molecule has 0 saturated heterocycles. The third kappa shape index (κ3) is 4.05. The minimum Gasteiger partial charge on any atom is -0.491 e. The van der Waals surface area contributed by atoms with Crippen LogP contribution in [0.3, 0.4) is 0 Å². The van der Waals surface area contributed by atoms with E-state index in [0.29, 0.717) is 23.7 Å². The number of anilines is 2. The lowest BCUT2D eigenvalue weighted by Crippen LogP contribution is -2.35. The first kappa shape index (κ1) is 16.1. The molecule has 0 aromatic heterocycles. The van der Waals surface area contributed by atoms with Crippen LogP contribution in [0.5, 0.6) is 5.75 Å². The topological polar surface area (TPSA) is 73.6 Å². The number of nitrogen functional groups attached to an aromatic ring is 1. The highest BCUT2D eigenvalue weighted by Gasteiger charge is 2.23. The molecule has 20 heavy (non-hydrogen) atoms. The fourth-order valence-corrected chi connectivity index (χ4v) is 1.80. The third-order valence-electron chi connectivity index (χ3n) is 2.96. The Bertz CT molecular complexity index is 447. The van der Waals surface area contributed by atoms with E-state index in [9.17, 15) is 4.79 Å². The lowest BCUT2D eigenvalue weighted by molar-refractivity contribution is -0.142. The van der Waals surface area contributed by atoms with Crippen LogP contribution in [0, 0.1) is 5.92 Å². The first-order chi connectivity index (χ1) is 9.51. The number of hydrogen-bond acceptors (Lipinski definition) is 5. The van der Waals surface area contributed by atoms with Crippen LogP contribution in [0.15, 0.2) is 18.2 Å². The number of nitrogens with one attached hydrogen (secondary N) is 1. The molecule has 1 rings (SSSR count). The Morgan fingerprint density at radius 2 is 2.10 bits per heavy atom. The van der Waals surface area contributed by atoms with Crippen molar-refractivity contribution >= 4 is 17.3 Å². The average molecular weight is 280 g/mol. The van der Waals surface area contributed by atoms with E-state index < -0.39 is 6.04 Å². The van der Waals surface area contributed by atoms with Crippen molar-refractivity contribution in [3.05, 3.63) is 18.2 Å². The van der Waals surface area contributed by atoms with Crippen molar-refractivity contribution in [1.29, 1.82) is 0 Å². The summed E-state index contributed by atoms with van der Waals surface area (Å²) in [5.74, 6) is 0.408. The highest BCUT2D eigenvalue weighted by Crippen LogP contribution is 2.30. The smallest absolute Gasteiger partial charge is 0.328 e. The monoisotopic (exact) mass is 280 g/mol. The number of para-hydroxylation sites is 1. The molecule has 0 aliphatic rings. The highest BCUT2D eigenvalue weighted by molar-refractivity contribution is 5.82. The van der Waals surface area contributed by atoms with Gasteiger partial charge in [0.1, 0.15) is 11.8 Å². The predicted molar refractivity (Wildman–Crippen MR) is 80.9 cm³/mol. The van der Waals surface area contributed by atoms with Crippen LogP contribution in [0.25, 0.3) is 0 Å². The van der Waals surface area contributed by atoms with Gasteiger partial charge in [0.05, 0.1) is 25.1 Å². The molecule has 0 saturated carbocycles. The summed E-state index contributed by atoms with van der Waals surface area (Å²) in [6.07, 6.45) is 0.911. The summed E-state index contributed by atoms with van der Waals surface area (Å²) < 4.78 is 10.4. The minimum atomic E-state index is -0.441. The molecule has 112 valence electrons. The van der Waals surface area contributed by atoms with Gasteiger partial charge in [-0.2, -0.15) is 0 Å². The van der Waals surface area contributed by atoms with Crippen molar-refractivity contribution < 1.29 is 14.3 Å². The van der Waals surface area contributed by atoms with Crippen molar-refractivity contribution in [1.82, 2.24) is 0 Å². The molecule has 1 unspecified atom stereocenters. The van der Waals surface area contributed by atoms with Crippen LogP contribution in [-0.4, -0.2) is 25.7 Å². The third-order valence-corrected chi connectivity index (χ3v) is 2.96. The van der Waals surface area contributed by atoms with Gasteiger partial charge < -0.3 is 20.5 Å². The summed E-state index contributed by atoms with van der Waals surface area (Å²) in [6.45, 7) is 6.53. The lowest BCUT2D eigenvalue weighted by atomic mass is 10.0. The molecule has 0 aliphatic heterocycles. The molecule has 0 heterocycles. The molecule has 3 N–H and O–H groups in total. The van der Waals surface area contributed by atoms with E-state index in [-0.39, 0.29) is 11.9 Å². The SMILES string of the molecule is CCCOc1cccc(NC(C(=O)OC)C(C)C)c1N. The Hall–Kier alpha value is -1.91. The molecule has 1 aromatic carbocycles. The number of nitrogens with two attached hydrogens (primary N) is 1. The second-order valence-corrected chi connectivity index (χ2v) is 4.96. The molecule has 1 atom stereocenters. The van der Waals surface area contributed by atoms with Crippen molar-refractivity contribution in [3.8, 4) is 5.75 Å². The number of carbonyl (C=O) groups excluding carboxylic acids is 1. The average Bonchev–Trinajstić information content (AvgIpc) is 2.43. The number of hydrogen-bond donors (Lipinski definition) is 2. The zero-order valence-corrected chi connectivity index (χ0v) is 12.6. The van der Waals surface area contributed by atoms with Crippen molar-refractivity contribution in [3.63, 3.8) is 0 Å². The van der Waals surface area contributed by atoms with Crippen LogP contribution in [0.2, 0.25) is 0 Å². The maximum Gasteiger partial charge on any atom is 0.328 e. The number of ether oxygens (including phenoxy) is 2. The Labute approximate surface area is 120 Å². The Kier molecular flexibility index (Phi) is 6.15. The Morgan fingerprint density at radius 1 is 1.40 bits per heavy atom. The summed E-state index contributed by atoms with van der Waals surface area (Å²) >= 11 is 0. The van der Waals surface area contributed by atoms with E-state index in [1.165, 1.54) is 7.11 Å². The molecule has 1 aromatic rings. The summed E-state index contributed by atoms with van der Waals surface area (Å²) in [7, 11) is 1.38. The van der Waals surface area contributed by atoms with Crippen LogP contribution in [0.1, 0.15) is 27.2 Å². The molecule has 0 amide bonds. The van der Waals surface area contributed by atoms with Crippen LogP contribution in [-0.2, 0) is 9.53 Å². The molecular weight excluding hydrogens is 256 g/mol. The quantitative estimate of drug-likeness (QED) is 0.593. The van der Waals surface area contributed by atoms with Crippen LogP contribution < -0.4 is 15.8 Å². The first-order valence-corrected chi connectivity index (χ1v) is 6.86. The largest absolute Gasteiger partial charge is 0.491 e. The van der Waals surface area contributed by atoms with Gasteiger partial charge in [0.25, 0.3) is 0 Å². The Balaban J connectivity index is 2.92. The van der Waals surface area contributed by atoms with Gasteiger partial charge in [0, 0.05) is 0 Å². The van der Waals surface area contributed by atoms with Crippen molar-refractivity contribution in [2.75, 3.05) is 24.8 Å². The van der Waals surface area contributed by atoms with Gasteiger partial charge in [-0.15, -0.1) is 0 Å². The Morgan fingerprint density at radius 3 is 2.65 bits per heavy atom. The molecule has 5 heteroatoms. The number of esters is 1. The first-order valence-electron chi connectivity index (χ1n) is 6.86. The van der Waals surface area contributed by atoms with Gasteiger partial charge in [-0.3, -0.25) is 0 Å². The van der Waals surface area contributed by atoms with Gasteiger partial charge in [-0.1, -0.05) is 26.8 Å². The standard InChI is InChI=1S/C15H24N2O3/c1-5-9-20-12-8-6-7-11(13(12)16)17-14(10(2)3)15(18)19-4/h6-8,10,14,17H,5,9,16H2,1-4H3. The van der Waals surface area contributed by atoms with E-state index in [1.807, 2.05) is 39.0 Å². The molecule has 5 nitrogen and oxygen atoms in total. The summed E-state index contributed by atoms with van der Waals surface area (Å²) in [5.41, 5.74) is 7.27. The lowest BCUT2D eigenvalue weighted by Gasteiger charge is -2.22. The van der Waals surface area contributed by atoms with Crippen LogP contribution >= 0.6 is 0 Å². The van der Waals surface area contributed by atoms with Crippen molar-refractivity contribution in [2.24, 2.45) is 5.92 Å². The second-order valence-electron chi connectivity index (χ2n) is 4.96. The second kappa shape index (κ2) is 7.62. The van der Waals surface area contributed by atoms with Gasteiger partial charge in [-0.05, 0) is 24.5 Å². The van der Waals surface area contributed by atoms with Gasteiger partial charge >= 0.3 is 5.97 Å². The number of benzene rings is 1. The molecule has 0 bridgehead atoms. The van der Waals surface area contributed by atoms with E-state index in [4.69, 9.17) is 15.2 Å². The summed E-state index contributed by atoms with van der Waals surface area (Å²) in [5, 5.41) is 3.13. The predicted octanol–water partition coefficient (Wildman–Crippen LogP) is 2.67. The molecule has 0 radical (unpaired) electrons. The molecule has 0 fully saturated rings. The number of methoxy groups -OCH3 is 1. The maximum absolute atomic E-state index is 11.8. The fourth-order valence-electron chi connectivity index (χ4n) is 1.80. The maximum atomic E-state index is 11.8. The fraction of sp³-hybridized carbons (Fsp3) is 0.533. The van der Waals surface area contributed by atoms with E-state index in [0.717, 1.165) is 6.42 Å². The number of carbonyl (C=O) groups is 1. The zero-order valence-electron chi connectivity index (χ0n) is 12.6. The van der Waals surface area contributed by atoms with E-state index in [2.05, 4.69) is 5.32 Å². The van der Waals surface area contributed by atoms with E-state index >= 15 is 0 Å². The molecule has 0 aliphatic carbocycles. The van der Waals surface area contributed by atoms with E-state index in [1.54, 1.807) is 0 Å². The number of rotatable bonds is 7. The minimum absolute atomic E-state index is 0.0852. The van der Waals surface area contributed by atoms with Crippen molar-refractivity contribution in [2.45, 2.75) is 33.2 Å².